The fraction of sp³-hybridized carbons (Fsp3) is 0.500. The molecule has 0 aliphatic carbocycles. The smallest absolute Gasteiger partial charge is 0.232 e. The van der Waals surface area contributed by atoms with Crippen LogP contribution in [0.5, 0.6) is 0 Å². The van der Waals surface area contributed by atoms with E-state index in [0.29, 0.717) is 24.3 Å². The van der Waals surface area contributed by atoms with Crippen LogP contribution in [-0.4, -0.2) is 50.9 Å². The van der Waals surface area contributed by atoms with E-state index in [1.165, 1.54) is 17.3 Å². The molecule has 1 rings (SSSR count). The first-order valence-electron chi connectivity index (χ1n) is 7.57. The van der Waals surface area contributed by atoms with E-state index in [4.69, 9.17) is 0 Å². The summed E-state index contributed by atoms with van der Waals surface area (Å²) in [5, 5.41) is 0. The number of amides is 1. The molecule has 0 fully saturated rings. The Labute approximate surface area is 138 Å². The minimum Gasteiger partial charge on any atom is -0.343 e. The zero-order valence-corrected chi connectivity index (χ0v) is 14.9. The van der Waals surface area contributed by atoms with Crippen LogP contribution >= 0.6 is 0 Å². The number of Topliss-reactive ketones (excluding diaryl/α,β-unsaturated/α-hetero) is 1. The third kappa shape index (κ3) is 5.35. The minimum atomic E-state index is -3.54. The van der Waals surface area contributed by atoms with Crippen LogP contribution in [-0.2, 0) is 14.8 Å². The summed E-state index contributed by atoms with van der Waals surface area (Å²) in [5.41, 5.74) is 0.832. The van der Waals surface area contributed by atoms with Crippen molar-refractivity contribution >= 4 is 27.4 Å². The topological polar surface area (TPSA) is 74.8 Å². The molecule has 0 spiro atoms. The maximum Gasteiger partial charge on any atom is 0.232 e. The first-order valence-corrected chi connectivity index (χ1v) is 9.42. The third-order valence-corrected chi connectivity index (χ3v) is 4.78. The summed E-state index contributed by atoms with van der Waals surface area (Å²) >= 11 is 0. The molecule has 0 bridgehead atoms. The first kappa shape index (κ1) is 19.2. The van der Waals surface area contributed by atoms with E-state index >= 15 is 0 Å². The molecule has 0 saturated carbocycles. The molecule has 0 unspecified atom stereocenters. The number of nitrogens with zero attached hydrogens (tertiary/aromatic N) is 2. The molecule has 1 aromatic carbocycles. The van der Waals surface area contributed by atoms with Gasteiger partial charge in [-0.05, 0) is 32.9 Å². The zero-order chi connectivity index (χ0) is 17.6. The Morgan fingerprint density at radius 2 is 1.74 bits per heavy atom. The Bertz CT molecular complexity index is 666. The van der Waals surface area contributed by atoms with E-state index in [-0.39, 0.29) is 24.7 Å². The van der Waals surface area contributed by atoms with Gasteiger partial charge < -0.3 is 4.90 Å². The molecule has 128 valence electrons. The number of rotatable bonds is 8. The molecule has 0 aliphatic heterocycles. The number of sulfonamides is 1. The van der Waals surface area contributed by atoms with Crippen molar-refractivity contribution in [3.05, 3.63) is 29.8 Å². The molecule has 0 saturated heterocycles. The fourth-order valence-corrected chi connectivity index (χ4v) is 3.22. The van der Waals surface area contributed by atoms with E-state index in [9.17, 15) is 18.0 Å². The summed E-state index contributed by atoms with van der Waals surface area (Å²) in [6, 6.07) is 6.42. The van der Waals surface area contributed by atoms with E-state index in [2.05, 4.69) is 0 Å². The van der Waals surface area contributed by atoms with Crippen LogP contribution in [0.3, 0.4) is 0 Å². The summed E-state index contributed by atoms with van der Waals surface area (Å²) in [7, 11) is -3.54. The minimum absolute atomic E-state index is 0.0511. The monoisotopic (exact) mass is 340 g/mol. The van der Waals surface area contributed by atoms with Gasteiger partial charge in [0.2, 0.25) is 15.9 Å². The van der Waals surface area contributed by atoms with Crippen LogP contribution in [0.1, 0.15) is 37.6 Å². The van der Waals surface area contributed by atoms with Gasteiger partial charge in [-0.25, -0.2) is 8.42 Å². The van der Waals surface area contributed by atoms with Crippen molar-refractivity contribution in [3.63, 3.8) is 0 Å². The van der Waals surface area contributed by atoms with Crippen LogP contribution in [0.4, 0.5) is 5.69 Å². The highest BCUT2D eigenvalue weighted by atomic mass is 32.2. The Balaban J connectivity index is 3.01. The number of hydrogen-bond acceptors (Lipinski definition) is 4. The average molecular weight is 340 g/mol. The lowest BCUT2D eigenvalue weighted by Crippen LogP contribution is -2.36. The molecular weight excluding hydrogens is 316 g/mol. The molecule has 6 nitrogen and oxygen atoms in total. The standard InChI is InChI=1S/C16H24N2O4S/c1-5-17(6-2)16(20)10-11-18(23(4,21)22)15-9-7-8-14(12-15)13(3)19/h7-9,12H,5-6,10-11H2,1-4H3. The van der Waals surface area contributed by atoms with E-state index < -0.39 is 10.0 Å². The molecule has 0 aliphatic rings. The number of benzene rings is 1. The second-order valence-corrected chi connectivity index (χ2v) is 7.16. The largest absolute Gasteiger partial charge is 0.343 e. The Kier molecular flexibility index (Phi) is 6.75. The van der Waals surface area contributed by atoms with Crippen molar-refractivity contribution in [1.29, 1.82) is 0 Å². The van der Waals surface area contributed by atoms with Gasteiger partial charge in [0.1, 0.15) is 0 Å². The molecule has 7 heteroatoms. The Morgan fingerprint density at radius 3 is 2.22 bits per heavy atom. The first-order chi connectivity index (χ1) is 10.7. The van der Waals surface area contributed by atoms with Crippen molar-refractivity contribution in [3.8, 4) is 0 Å². The molecule has 0 radical (unpaired) electrons. The van der Waals surface area contributed by atoms with E-state index in [1.54, 1.807) is 23.1 Å². The van der Waals surface area contributed by atoms with Crippen LogP contribution in [0.2, 0.25) is 0 Å². The van der Waals surface area contributed by atoms with Gasteiger partial charge in [-0.2, -0.15) is 0 Å². The summed E-state index contributed by atoms with van der Waals surface area (Å²) in [6.07, 6.45) is 1.19. The van der Waals surface area contributed by atoms with Crippen LogP contribution < -0.4 is 4.31 Å². The summed E-state index contributed by atoms with van der Waals surface area (Å²) in [5.74, 6) is -0.231. The number of carbonyl (C=O) groups is 2. The predicted octanol–water partition coefficient (Wildman–Crippen LogP) is 1.91. The van der Waals surface area contributed by atoms with Crippen LogP contribution in [0.15, 0.2) is 24.3 Å². The normalized spacial score (nSPS) is 11.1. The molecular formula is C16H24N2O4S. The van der Waals surface area contributed by atoms with Crippen molar-refractivity contribution in [2.75, 3.05) is 30.2 Å². The highest BCUT2D eigenvalue weighted by Gasteiger charge is 2.20. The third-order valence-electron chi connectivity index (χ3n) is 3.59. The van der Waals surface area contributed by atoms with E-state index in [1.807, 2.05) is 13.8 Å². The molecule has 1 amide bonds. The zero-order valence-electron chi connectivity index (χ0n) is 14.1. The highest BCUT2D eigenvalue weighted by molar-refractivity contribution is 7.92. The predicted molar refractivity (Wildman–Crippen MR) is 91.2 cm³/mol. The SMILES string of the molecule is CCN(CC)C(=O)CCN(c1cccc(C(C)=O)c1)S(C)(=O)=O. The summed E-state index contributed by atoms with van der Waals surface area (Å²) in [6.45, 7) is 6.42. The number of anilines is 1. The molecule has 0 atom stereocenters. The van der Waals surface area contributed by atoms with Crippen molar-refractivity contribution < 1.29 is 18.0 Å². The molecule has 23 heavy (non-hydrogen) atoms. The van der Waals surface area contributed by atoms with Crippen molar-refractivity contribution in [2.24, 2.45) is 0 Å². The number of carbonyl (C=O) groups excluding carboxylic acids is 2. The highest BCUT2D eigenvalue weighted by Crippen LogP contribution is 2.20. The van der Waals surface area contributed by atoms with Gasteiger partial charge in [-0.15, -0.1) is 0 Å². The number of ketones is 1. The molecule has 0 aromatic heterocycles. The second kappa shape index (κ2) is 8.10. The van der Waals surface area contributed by atoms with Gasteiger partial charge in [0.15, 0.2) is 5.78 Å². The van der Waals surface area contributed by atoms with Crippen molar-refractivity contribution in [1.82, 2.24) is 4.90 Å². The van der Waals surface area contributed by atoms with Crippen LogP contribution in [0.25, 0.3) is 0 Å². The van der Waals surface area contributed by atoms with Gasteiger partial charge in [-0.3, -0.25) is 13.9 Å². The maximum atomic E-state index is 12.1. The summed E-state index contributed by atoms with van der Waals surface area (Å²) in [4.78, 5) is 25.2. The molecule has 0 heterocycles. The van der Waals surface area contributed by atoms with Gasteiger partial charge in [0, 0.05) is 31.6 Å². The van der Waals surface area contributed by atoms with E-state index in [0.717, 1.165) is 6.26 Å². The van der Waals surface area contributed by atoms with Gasteiger partial charge >= 0.3 is 0 Å². The number of hydrogen-bond donors (Lipinski definition) is 0. The lowest BCUT2D eigenvalue weighted by atomic mass is 10.1. The average Bonchev–Trinajstić information content (AvgIpc) is 2.47. The Hall–Kier alpha value is -1.89. The quantitative estimate of drug-likeness (QED) is 0.678. The summed E-state index contributed by atoms with van der Waals surface area (Å²) < 4.78 is 25.3. The van der Waals surface area contributed by atoms with Gasteiger partial charge in [0.05, 0.1) is 11.9 Å². The van der Waals surface area contributed by atoms with Gasteiger partial charge in [-0.1, -0.05) is 12.1 Å². The molecule has 1 aromatic rings. The maximum absolute atomic E-state index is 12.1. The lowest BCUT2D eigenvalue weighted by molar-refractivity contribution is -0.130. The second-order valence-electron chi connectivity index (χ2n) is 5.26. The Morgan fingerprint density at radius 1 is 1.13 bits per heavy atom. The lowest BCUT2D eigenvalue weighted by Gasteiger charge is -2.24. The fourth-order valence-electron chi connectivity index (χ4n) is 2.30. The van der Waals surface area contributed by atoms with Crippen molar-refractivity contribution in [2.45, 2.75) is 27.2 Å². The van der Waals surface area contributed by atoms with Crippen LogP contribution in [0, 0.1) is 0 Å². The molecule has 0 N–H and O–H groups in total. The van der Waals surface area contributed by atoms with Gasteiger partial charge in [0.25, 0.3) is 0 Å².